The molecule has 0 unspecified atom stereocenters. The number of carbonyl (C=O) groups excluding carboxylic acids is 2. The van der Waals surface area contributed by atoms with Crippen molar-refractivity contribution < 1.29 is 19.1 Å². The van der Waals surface area contributed by atoms with Crippen LogP contribution in [0, 0.1) is 0 Å². The molecule has 1 aliphatic rings. The molecule has 2 aromatic carbocycles. The van der Waals surface area contributed by atoms with Gasteiger partial charge in [-0.2, -0.15) is 0 Å². The van der Waals surface area contributed by atoms with E-state index in [2.05, 4.69) is 5.32 Å². The van der Waals surface area contributed by atoms with Crippen molar-refractivity contribution in [2.24, 2.45) is 0 Å². The maximum atomic E-state index is 12.4. The predicted octanol–water partition coefficient (Wildman–Crippen LogP) is 2.83. The van der Waals surface area contributed by atoms with Gasteiger partial charge < -0.3 is 19.7 Å². The summed E-state index contributed by atoms with van der Waals surface area (Å²) in [6.07, 6.45) is 0. The van der Waals surface area contributed by atoms with Crippen molar-refractivity contribution in [1.29, 1.82) is 0 Å². The summed E-state index contributed by atoms with van der Waals surface area (Å²) in [4.78, 5) is 26.0. The summed E-state index contributed by atoms with van der Waals surface area (Å²) in [5.41, 5.74) is 1.24. The molecule has 26 heavy (non-hydrogen) atoms. The Bertz CT molecular complexity index is 756. The van der Waals surface area contributed by atoms with E-state index in [1.54, 1.807) is 53.4 Å². The van der Waals surface area contributed by atoms with Crippen LogP contribution in [0.1, 0.15) is 10.4 Å². The Hall–Kier alpha value is -2.57. The standard InChI is InChI=1S/C19H19ClN2O4/c20-15-3-5-16(6-4-15)21-18(23)13-26-17-7-1-14(2-8-17)19(24)22-9-11-25-12-10-22/h1-8H,9-13H2,(H,21,23). The van der Waals surface area contributed by atoms with Crippen molar-refractivity contribution in [3.05, 3.63) is 59.1 Å². The molecule has 2 aromatic rings. The van der Waals surface area contributed by atoms with E-state index in [0.29, 0.717) is 48.3 Å². The SMILES string of the molecule is O=C(COc1ccc(C(=O)N2CCOCC2)cc1)Nc1ccc(Cl)cc1. The Balaban J connectivity index is 1.50. The molecule has 2 amide bonds. The van der Waals surface area contributed by atoms with E-state index in [9.17, 15) is 9.59 Å². The number of nitrogens with one attached hydrogen (secondary N) is 1. The summed E-state index contributed by atoms with van der Waals surface area (Å²) < 4.78 is 10.7. The Kier molecular flexibility index (Phi) is 6.09. The number of amides is 2. The highest BCUT2D eigenvalue weighted by Crippen LogP contribution is 2.16. The number of rotatable bonds is 5. The van der Waals surface area contributed by atoms with Gasteiger partial charge in [-0.15, -0.1) is 0 Å². The molecule has 0 saturated carbocycles. The molecule has 0 radical (unpaired) electrons. The number of carbonyl (C=O) groups is 2. The zero-order valence-corrected chi connectivity index (χ0v) is 14.9. The van der Waals surface area contributed by atoms with Gasteiger partial charge in [0.25, 0.3) is 11.8 Å². The molecular formula is C19H19ClN2O4. The third-order valence-corrected chi connectivity index (χ3v) is 4.15. The van der Waals surface area contributed by atoms with Gasteiger partial charge in [-0.25, -0.2) is 0 Å². The Morgan fingerprint density at radius 3 is 2.35 bits per heavy atom. The van der Waals surface area contributed by atoms with Gasteiger partial charge in [-0.3, -0.25) is 9.59 Å². The molecule has 1 aliphatic heterocycles. The summed E-state index contributed by atoms with van der Waals surface area (Å²) in [6.45, 7) is 2.20. The molecule has 0 atom stereocenters. The highest BCUT2D eigenvalue weighted by atomic mass is 35.5. The van der Waals surface area contributed by atoms with Gasteiger partial charge in [-0.1, -0.05) is 11.6 Å². The van der Waals surface area contributed by atoms with Crippen LogP contribution in [0.5, 0.6) is 5.75 Å². The number of anilines is 1. The van der Waals surface area contributed by atoms with Crippen LogP contribution in [0.3, 0.4) is 0 Å². The van der Waals surface area contributed by atoms with Crippen molar-refractivity contribution in [1.82, 2.24) is 4.90 Å². The quantitative estimate of drug-likeness (QED) is 0.873. The average molecular weight is 375 g/mol. The predicted molar refractivity (Wildman–Crippen MR) is 98.7 cm³/mol. The van der Waals surface area contributed by atoms with Crippen LogP contribution in [0.4, 0.5) is 5.69 Å². The van der Waals surface area contributed by atoms with Crippen molar-refractivity contribution in [3.8, 4) is 5.75 Å². The van der Waals surface area contributed by atoms with E-state index in [1.807, 2.05) is 0 Å². The zero-order valence-electron chi connectivity index (χ0n) is 14.1. The Morgan fingerprint density at radius 1 is 1.04 bits per heavy atom. The third kappa shape index (κ3) is 4.97. The van der Waals surface area contributed by atoms with Gasteiger partial charge in [0, 0.05) is 29.4 Å². The van der Waals surface area contributed by atoms with Crippen molar-refractivity contribution >= 4 is 29.1 Å². The van der Waals surface area contributed by atoms with Crippen LogP contribution in [-0.4, -0.2) is 49.6 Å². The van der Waals surface area contributed by atoms with Gasteiger partial charge in [0.15, 0.2) is 6.61 Å². The lowest BCUT2D eigenvalue weighted by atomic mass is 10.2. The van der Waals surface area contributed by atoms with E-state index in [-0.39, 0.29) is 18.4 Å². The number of benzene rings is 2. The van der Waals surface area contributed by atoms with E-state index in [0.717, 1.165) is 0 Å². The second-order valence-corrected chi connectivity index (χ2v) is 6.21. The van der Waals surface area contributed by atoms with Crippen LogP contribution in [0.25, 0.3) is 0 Å². The fraction of sp³-hybridized carbons (Fsp3) is 0.263. The van der Waals surface area contributed by atoms with Crippen LogP contribution in [0.2, 0.25) is 5.02 Å². The summed E-state index contributed by atoms with van der Waals surface area (Å²) in [6, 6.07) is 13.6. The topological polar surface area (TPSA) is 67.9 Å². The van der Waals surface area contributed by atoms with Crippen molar-refractivity contribution in [2.45, 2.75) is 0 Å². The minimum absolute atomic E-state index is 0.0275. The van der Waals surface area contributed by atoms with Crippen LogP contribution >= 0.6 is 11.6 Å². The largest absolute Gasteiger partial charge is 0.484 e. The molecule has 1 N–H and O–H groups in total. The number of morpholine rings is 1. The molecule has 7 heteroatoms. The van der Waals surface area contributed by atoms with Crippen LogP contribution in [0.15, 0.2) is 48.5 Å². The van der Waals surface area contributed by atoms with Gasteiger partial charge in [0.05, 0.1) is 13.2 Å². The molecule has 0 aliphatic carbocycles. The van der Waals surface area contributed by atoms with Crippen molar-refractivity contribution in [3.63, 3.8) is 0 Å². The maximum Gasteiger partial charge on any atom is 0.262 e. The number of hydrogen-bond acceptors (Lipinski definition) is 4. The molecule has 3 rings (SSSR count). The fourth-order valence-electron chi connectivity index (χ4n) is 2.52. The number of hydrogen-bond donors (Lipinski definition) is 1. The highest BCUT2D eigenvalue weighted by molar-refractivity contribution is 6.30. The number of halogens is 1. The molecule has 1 saturated heterocycles. The lowest BCUT2D eigenvalue weighted by Gasteiger charge is -2.26. The summed E-state index contributed by atoms with van der Waals surface area (Å²) in [5, 5.41) is 3.32. The molecule has 0 aromatic heterocycles. The molecule has 1 heterocycles. The van der Waals surface area contributed by atoms with Gasteiger partial charge in [0.1, 0.15) is 5.75 Å². The van der Waals surface area contributed by atoms with Crippen LogP contribution < -0.4 is 10.1 Å². The first kappa shape index (κ1) is 18.2. The Labute approximate surface area is 156 Å². The highest BCUT2D eigenvalue weighted by Gasteiger charge is 2.18. The lowest BCUT2D eigenvalue weighted by Crippen LogP contribution is -2.40. The Morgan fingerprint density at radius 2 is 1.69 bits per heavy atom. The van der Waals surface area contributed by atoms with E-state index in [4.69, 9.17) is 21.1 Å². The summed E-state index contributed by atoms with van der Waals surface area (Å²) >= 11 is 5.80. The first-order valence-corrected chi connectivity index (χ1v) is 8.65. The van der Waals surface area contributed by atoms with Crippen molar-refractivity contribution in [2.75, 3.05) is 38.2 Å². The molecular weight excluding hydrogens is 356 g/mol. The van der Waals surface area contributed by atoms with Gasteiger partial charge in [-0.05, 0) is 48.5 Å². The van der Waals surface area contributed by atoms with E-state index in [1.165, 1.54) is 0 Å². The minimum atomic E-state index is -0.277. The van der Waals surface area contributed by atoms with E-state index < -0.39 is 0 Å². The smallest absolute Gasteiger partial charge is 0.262 e. The first-order valence-electron chi connectivity index (χ1n) is 8.27. The molecule has 6 nitrogen and oxygen atoms in total. The minimum Gasteiger partial charge on any atom is -0.484 e. The number of nitrogens with zero attached hydrogens (tertiary/aromatic N) is 1. The molecule has 1 fully saturated rings. The third-order valence-electron chi connectivity index (χ3n) is 3.90. The fourth-order valence-corrected chi connectivity index (χ4v) is 2.65. The maximum absolute atomic E-state index is 12.4. The second-order valence-electron chi connectivity index (χ2n) is 5.77. The molecule has 0 spiro atoms. The zero-order chi connectivity index (χ0) is 18.4. The molecule has 0 bridgehead atoms. The normalized spacial score (nSPS) is 14.0. The summed E-state index contributed by atoms with van der Waals surface area (Å²) in [7, 11) is 0. The first-order chi connectivity index (χ1) is 12.6. The van der Waals surface area contributed by atoms with E-state index >= 15 is 0 Å². The number of ether oxygens (including phenoxy) is 2. The van der Waals surface area contributed by atoms with Crippen LogP contribution in [-0.2, 0) is 9.53 Å². The lowest BCUT2D eigenvalue weighted by molar-refractivity contribution is -0.118. The monoisotopic (exact) mass is 374 g/mol. The van der Waals surface area contributed by atoms with Gasteiger partial charge in [0.2, 0.25) is 0 Å². The molecule has 136 valence electrons. The second kappa shape index (κ2) is 8.69. The summed E-state index contributed by atoms with van der Waals surface area (Å²) in [5.74, 6) is 0.218. The average Bonchev–Trinajstić information content (AvgIpc) is 2.69. The van der Waals surface area contributed by atoms with Gasteiger partial charge >= 0.3 is 0 Å².